The first-order valence-electron chi connectivity index (χ1n) is 4.57. The van der Waals surface area contributed by atoms with E-state index >= 15 is 0 Å². The topological polar surface area (TPSA) is 20.2 Å². The molecular weight excluding hydrogens is 193 g/mol. The van der Waals surface area contributed by atoms with E-state index in [1.165, 1.54) is 6.92 Å². The zero-order valence-corrected chi connectivity index (χ0v) is 8.36. The molecule has 0 aromatic heterocycles. The van der Waals surface area contributed by atoms with Gasteiger partial charge in [-0.15, -0.1) is 0 Å². The molecular formula is C10H15F3O. The molecule has 0 bridgehead atoms. The van der Waals surface area contributed by atoms with Crippen LogP contribution in [0.3, 0.4) is 0 Å². The van der Waals surface area contributed by atoms with Gasteiger partial charge in [-0.2, -0.15) is 13.2 Å². The number of hydrogen-bond acceptors (Lipinski definition) is 1. The Bertz CT molecular complexity index is 226. The summed E-state index contributed by atoms with van der Waals surface area (Å²) in [4.78, 5) is 0. The van der Waals surface area contributed by atoms with Crippen molar-refractivity contribution >= 4 is 0 Å². The molecule has 0 radical (unpaired) electrons. The van der Waals surface area contributed by atoms with Gasteiger partial charge in [0.05, 0.1) is 5.76 Å². The van der Waals surface area contributed by atoms with Crippen LogP contribution < -0.4 is 0 Å². The Kier molecular flexibility index (Phi) is 5.35. The van der Waals surface area contributed by atoms with Crippen LogP contribution in [0.2, 0.25) is 0 Å². The van der Waals surface area contributed by atoms with Crippen LogP contribution in [0.1, 0.15) is 33.1 Å². The fourth-order valence-electron chi connectivity index (χ4n) is 0.949. The van der Waals surface area contributed by atoms with Crippen LogP contribution in [0.4, 0.5) is 13.2 Å². The molecule has 0 amide bonds. The molecule has 0 aromatic carbocycles. The zero-order chi connectivity index (χ0) is 11.2. The maximum Gasteiger partial charge on any atom is 0.412 e. The van der Waals surface area contributed by atoms with Crippen molar-refractivity contribution in [2.75, 3.05) is 0 Å². The molecule has 0 saturated carbocycles. The van der Waals surface area contributed by atoms with Gasteiger partial charge in [-0.1, -0.05) is 19.9 Å². The highest BCUT2D eigenvalue weighted by atomic mass is 19.4. The first-order valence-corrected chi connectivity index (χ1v) is 4.57. The number of hydrogen-bond donors (Lipinski definition) is 1. The fourth-order valence-corrected chi connectivity index (χ4v) is 0.949. The monoisotopic (exact) mass is 208 g/mol. The van der Waals surface area contributed by atoms with E-state index in [0.29, 0.717) is 12.8 Å². The predicted molar refractivity (Wildman–Crippen MR) is 50.0 cm³/mol. The van der Waals surface area contributed by atoms with Crippen molar-refractivity contribution in [3.05, 3.63) is 23.5 Å². The third-order valence-electron chi connectivity index (χ3n) is 1.73. The maximum absolute atomic E-state index is 12.2. The van der Waals surface area contributed by atoms with Crippen LogP contribution in [0, 0.1) is 0 Å². The van der Waals surface area contributed by atoms with Gasteiger partial charge in [-0.3, -0.25) is 0 Å². The highest BCUT2D eigenvalue weighted by Gasteiger charge is 2.31. The summed E-state index contributed by atoms with van der Waals surface area (Å²) >= 11 is 0. The Morgan fingerprint density at radius 1 is 1.21 bits per heavy atom. The lowest BCUT2D eigenvalue weighted by Gasteiger charge is -2.07. The third-order valence-corrected chi connectivity index (χ3v) is 1.73. The largest absolute Gasteiger partial charge is 0.512 e. The summed E-state index contributed by atoms with van der Waals surface area (Å²) in [6.07, 6.45) is -1.20. The van der Waals surface area contributed by atoms with E-state index in [1.54, 1.807) is 0 Å². The lowest BCUT2D eigenvalue weighted by atomic mass is 10.1. The van der Waals surface area contributed by atoms with Gasteiger partial charge in [-0.05, 0) is 18.9 Å². The number of rotatable bonds is 4. The molecule has 0 aliphatic heterocycles. The number of aliphatic hydroxyl groups is 1. The van der Waals surface area contributed by atoms with Crippen molar-refractivity contribution in [3.63, 3.8) is 0 Å². The van der Waals surface area contributed by atoms with Gasteiger partial charge in [0.1, 0.15) is 0 Å². The van der Waals surface area contributed by atoms with Gasteiger partial charge < -0.3 is 5.11 Å². The van der Waals surface area contributed by atoms with Gasteiger partial charge in [0.2, 0.25) is 0 Å². The highest BCUT2D eigenvalue weighted by Crippen LogP contribution is 2.27. The Balaban J connectivity index is 4.54. The lowest BCUT2D eigenvalue weighted by molar-refractivity contribution is -0.0935. The molecule has 0 saturated heterocycles. The van der Waals surface area contributed by atoms with Crippen LogP contribution in [0.15, 0.2) is 23.5 Å². The Hall–Kier alpha value is -0.930. The van der Waals surface area contributed by atoms with Crippen LogP contribution in [-0.2, 0) is 0 Å². The minimum absolute atomic E-state index is 0.0114. The van der Waals surface area contributed by atoms with E-state index in [9.17, 15) is 13.2 Å². The average molecular weight is 208 g/mol. The summed E-state index contributed by atoms with van der Waals surface area (Å²) in [7, 11) is 0. The van der Waals surface area contributed by atoms with Crippen LogP contribution in [0.5, 0.6) is 0 Å². The SMILES string of the molecule is CCC/C(O)=C\C=C(/CC)C(F)(F)F. The van der Waals surface area contributed by atoms with Crippen molar-refractivity contribution in [1.29, 1.82) is 0 Å². The van der Waals surface area contributed by atoms with Crippen molar-refractivity contribution in [2.45, 2.75) is 39.3 Å². The second kappa shape index (κ2) is 5.73. The quantitative estimate of drug-likeness (QED) is 0.544. The molecule has 0 fully saturated rings. The summed E-state index contributed by atoms with van der Waals surface area (Å²) in [5.74, 6) is -0.0114. The fraction of sp³-hybridized carbons (Fsp3) is 0.600. The lowest BCUT2D eigenvalue weighted by Crippen LogP contribution is -2.10. The highest BCUT2D eigenvalue weighted by molar-refractivity contribution is 5.18. The van der Waals surface area contributed by atoms with Gasteiger partial charge in [0, 0.05) is 12.0 Å². The summed E-state index contributed by atoms with van der Waals surface area (Å²) in [6, 6.07) is 0. The summed E-state index contributed by atoms with van der Waals surface area (Å²) < 4.78 is 36.5. The van der Waals surface area contributed by atoms with E-state index in [-0.39, 0.29) is 12.2 Å². The van der Waals surface area contributed by atoms with Crippen molar-refractivity contribution in [2.24, 2.45) is 0 Å². The van der Waals surface area contributed by atoms with Gasteiger partial charge in [-0.25, -0.2) is 0 Å². The predicted octanol–water partition coefficient (Wildman–Crippen LogP) is 4.13. The van der Waals surface area contributed by atoms with Gasteiger partial charge >= 0.3 is 6.18 Å². The first kappa shape index (κ1) is 13.1. The molecule has 14 heavy (non-hydrogen) atoms. The Morgan fingerprint density at radius 2 is 1.79 bits per heavy atom. The van der Waals surface area contributed by atoms with Crippen LogP contribution >= 0.6 is 0 Å². The molecule has 82 valence electrons. The molecule has 0 atom stereocenters. The third kappa shape index (κ3) is 4.94. The van der Waals surface area contributed by atoms with Crippen molar-refractivity contribution < 1.29 is 18.3 Å². The molecule has 0 aliphatic carbocycles. The second-order valence-corrected chi connectivity index (χ2v) is 2.95. The summed E-state index contributed by atoms with van der Waals surface area (Å²) in [5.41, 5.74) is -0.625. The molecule has 0 rings (SSSR count). The standard InChI is InChI=1S/C10H15F3O/c1-3-5-9(14)7-6-8(4-2)10(11,12)13/h6-7,14H,3-5H2,1-2H3/b8-6+,9-7+. The average Bonchev–Trinajstić information content (AvgIpc) is 2.03. The molecule has 1 nitrogen and oxygen atoms in total. The van der Waals surface area contributed by atoms with E-state index in [0.717, 1.165) is 12.2 Å². The Morgan fingerprint density at radius 3 is 2.14 bits per heavy atom. The van der Waals surface area contributed by atoms with Crippen LogP contribution in [-0.4, -0.2) is 11.3 Å². The minimum Gasteiger partial charge on any atom is -0.512 e. The second-order valence-electron chi connectivity index (χ2n) is 2.95. The number of halogens is 3. The number of allylic oxidation sites excluding steroid dienone is 4. The molecule has 0 aliphatic rings. The van der Waals surface area contributed by atoms with Crippen LogP contribution in [0.25, 0.3) is 0 Å². The maximum atomic E-state index is 12.2. The minimum atomic E-state index is -4.29. The molecule has 4 heteroatoms. The molecule has 0 heterocycles. The van der Waals surface area contributed by atoms with Crippen molar-refractivity contribution in [3.8, 4) is 0 Å². The smallest absolute Gasteiger partial charge is 0.412 e. The summed E-state index contributed by atoms with van der Waals surface area (Å²) in [6.45, 7) is 3.28. The van der Waals surface area contributed by atoms with Gasteiger partial charge in [0.15, 0.2) is 0 Å². The first-order chi connectivity index (χ1) is 6.41. The molecule has 0 unspecified atom stereocenters. The molecule has 0 spiro atoms. The van der Waals surface area contributed by atoms with E-state index in [1.807, 2.05) is 6.92 Å². The molecule has 1 N–H and O–H groups in total. The number of aliphatic hydroxyl groups excluding tert-OH is 1. The van der Waals surface area contributed by atoms with Crippen molar-refractivity contribution in [1.82, 2.24) is 0 Å². The normalized spacial score (nSPS) is 14.6. The zero-order valence-electron chi connectivity index (χ0n) is 8.36. The molecule has 0 aromatic rings. The summed E-state index contributed by atoms with van der Waals surface area (Å²) in [5, 5.41) is 9.11. The number of alkyl halides is 3. The van der Waals surface area contributed by atoms with Gasteiger partial charge in [0.25, 0.3) is 0 Å². The Labute approximate surface area is 81.9 Å². The van der Waals surface area contributed by atoms with E-state index in [2.05, 4.69) is 0 Å². The van der Waals surface area contributed by atoms with E-state index in [4.69, 9.17) is 5.11 Å². The van der Waals surface area contributed by atoms with E-state index < -0.39 is 11.7 Å².